The molecule has 0 aromatic heterocycles. The molecule has 4 heteroatoms. The normalized spacial score (nSPS) is 28.2. The Bertz CT molecular complexity index is 704. The molecule has 0 spiro atoms. The molecule has 1 amide bonds. The molecule has 4 nitrogen and oxygen atoms in total. The van der Waals surface area contributed by atoms with Gasteiger partial charge < -0.3 is 9.64 Å². The minimum absolute atomic E-state index is 0.0902. The van der Waals surface area contributed by atoms with Gasteiger partial charge in [-0.15, -0.1) is 0 Å². The molecule has 3 aliphatic rings. The van der Waals surface area contributed by atoms with Crippen molar-refractivity contribution in [3.63, 3.8) is 0 Å². The fraction of sp³-hybridized carbons (Fsp3) is 0.708. The van der Waals surface area contributed by atoms with Crippen molar-refractivity contribution in [3.8, 4) is 5.75 Å². The number of piperidine rings is 1. The first-order valence-electron chi connectivity index (χ1n) is 11.4. The van der Waals surface area contributed by atoms with Crippen molar-refractivity contribution in [2.24, 2.45) is 11.8 Å². The van der Waals surface area contributed by atoms with E-state index in [1.807, 2.05) is 11.0 Å². The third-order valence-electron chi connectivity index (χ3n) is 7.11. The molecular formula is C24H36N2O2. The Labute approximate surface area is 170 Å². The summed E-state index contributed by atoms with van der Waals surface area (Å²) < 4.78 is 5.65. The van der Waals surface area contributed by atoms with Crippen LogP contribution >= 0.6 is 0 Å². The Balaban J connectivity index is 1.43. The summed E-state index contributed by atoms with van der Waals surface area (Å²) in [6.45, 7) is 8.75. The lowest BCUT2D eigenvalue weighted by Crippen LogP contribution is -2.49. The zero-order chi connectivity index (χ0) is 19.7. The number of nitrogens with zero attached hydrogens (tertiary/aromatic N) is 2. The minimum atomic E-state index is 0.0902. The molecule has 2 saturated heterocycles. The number of aryl methyl sites for hydroxylation is 1. The lowest BCUT2D eigenvalue weighted by atomic mass is 9.85. The topological polar surface area (TPSA) is 32.8 Å². The van der Waals surface area contributed by atoms with Crippen LogP contribution in [-0.2, 0) is 4.79 Å². The first-order valence-corrected chi connectivity index (χ1v) is 11.4. The molecule has 4 atom stereocenters. The van der Waals surface area contributed by atoms with E-state index >= 15 is 0 Å². The highest BCUT2D eigenvalue weighted by molar-refractivity contribution is 5.97. The van der Waals surface area contributed by atoms with Gasteiger partial charge in [-0.2, -0.15) is 0 Å². The van der Waals surface area contributed by atoms with Crippen LogP contribution in [-0.4, -0.2) is 42.6 Å². The lowest BCUT2D eigenvalue weighted by Gasteiger charge is -2.42. The average molecular weight is 385 g/mol. The van der Waals surface area contributed by atoms with Gasteiger partial charge in [-0.3, -0.25) is 9.69 Å². The molecule has 2 unspecified atom stereocenters. The summed E-state index contributed by atoms with van der Waals surface area (Å²) in [6, 6.07) is 7.70. The maximum absolute atomic E-state index is 12.6. The van der Waals surface area contributed by atoms with Crippen molar-refractivity contribution in [3.05, 3.63) is 23.8 Å². The standard InChI is InChI=1S/C24H36N2O2/c1-4-5-6-19-8-9-20-10-11-21(19)25(20)14-18(3)15-26-22-13-17(2)7-12-23(22)28-16-24(26)27/h7,12-13,18-21H,4-6,8-11,14-16H2,1-3H3/t18?,19?,20-,21+/m0/s1. The van der Waals surface area contributed by atoms with Crippen molar-refractivity contribution in [1.82, 2.24) is 4.90 Å². The zero-order valence-corrected chi connectivity index (χ0v) is 17.8. The van der Waals surface area contributed by atoms with Gasteiger partial charge in [0.25, 0.3) is 5.91 Å². The van der Waals surface area contributed by atoms with Crippen molar-refractivity contribution in [2.45, 2.75) is 77.8 Å². The molecule has 154 valence electrons. The van der Waals surface area contributed by atoms with E-state index in [1.165, 1.54) is 50.5 Å². The third kappa shape index (κ3) is 3.94. The first kappa shape index (κ1) is 19.8. The van der Waals surface area contributed by atoms with Crippen molar-refractivity contribution in [1.29, 1.82) is 0 Å². The molecule has 2 bridgehead atoms. The van der Waals surface area contributed by atoms with E-state index in [0.717, 1.165) is 42.5 Å². The molecule has 28 heavy (non-hydrogen) atoms. The molecule has 0 aliphatic carbocycles. The quantitative estimate of drug-likeness (QED) is 0.678. The van der Waals surface area contributed by atoms with Crippen molar-refractivity contribution < 1.29 is 9.53 Å². The smallest absolute Gasteiger partial charge is 0.265 e. The fourth-order valence-electron chi connectivity index (χ4n) is 5.71. The second kappa shape index (κ2) is 8.44. The highest BCUT2D eigenvalue weighted by atomic mass is 16.5. The molecule has 0 N–H and O–H groups in total. The number of unbranched alkanes of at least 4 members (excludes halogenated alkanes) is 1. The van der Waals surface area contributed by atoms with Gasteiger partial charge in [0.05, 0.1) is 5.69 Å². The van der Waals surface area contributed by atoms with Crippen LogP contribution in [0.3, 0.4) is 0 Å². The summed E-state index contributed by atoms with van der Waals surface area (Å²) in [5, 5.41) is 0. The van der Waals surface area contributed by atoms with E-state index < -0.39 is 0 Å². The summed E-state index contributed by atoms with van der Waals surface area (Å²) in [5.74, 6) is 2.28. The second-order valence-electron chi connectivity index (χ2n) is 9.34. The Morgan fingerprint density at radius 1 is 1.18 bits per heavy atom. The maximum atomic E-state index is 12.6. The molecule has 2 fully saturated rings. The highest BCUT2D eigenvalue weighted by Gasteiger charge is 2.42. The summed E-state index contributed by atoms with van der Waals surface area (Å²) >= 11 is 0. The number of carbonyl (C=O) groups is 1. The number of ether oxygens (including phenoxy) is 1. The van der Waals surface area contributed by atoms with Crippen LogP contribution in [0, 0.1) is 18.8 Å². The minimum Gasteiger partial charge on any atom is -0.482 e. The Morgan fingerprint density at radius 3 is 2.82 bits per heavy atom. The van der Waals surface area contributed by atoms with E-state index in [4.69, 9.17) is 4.74 Å². The molecule has 0 radical (unpaired) electrons. The van der Waals surface area contributed by atoms with Gasteiger partial charge in [-0.1, -0.05) is 32.8 Å². The number of hydrogen-bond acceptors (Lipinski definition) is 3. The number of amides is 1. The number of fused-ring (bicyclic) bond motifs is 3. The zero-order valence-electron chi connectivity index (χ0n) is 17.8. The highest BCUT2D eigenvalue weighted by Crippen LogP contribution is 2.42. The molecular weight excluding hydrogens is 348 g/mol. The Hall–Kier alpha value is -1.55. The van der Waals surface area contributed by atoms with Crippen LogP contribution < -0.4 is 9.64 Å². The van der Waals surface area contributed by atoms with Crippen molar-refractivity contribution in [2.75, 3.05) is 24.6 Å². The second-order valence-corrected chi connectivity index (χ2v) is 9.34. The van der Waals surface area contributed by atoms with Crippen LogP contribution in [0.5, 0.6) is 5.75 Å². The van der Waals surface area contributed by atoms with Gasteiger partial charge in [-0.05, 0) is 68.6 Å². The number of anilines is 1. The van der Waals surface area contributed by atoms with Gasteiger partial charge in [0.2, 0.25) is 0 Å². The van der Waals surface area contributed by atoms with E-state index in [2.05, 4.69) is 37.8 Å². The van der Waals surface area contributed by atoms with E-state index in [-0.39, 0.29) is 12.5 Å². The van der Waals surface area contributed by atoms with Crippen LogP contribution in [0.4, 0.5) is 5.69 Å². The van der Waals surface area contributed by atoms with Gasteiger partial charge in [0.1, 0.15) is 5.75 Å². The first-order chi connectivity index (χ1) is 13.6. The van der Waals surface area contributed by atoms with Gasteiger partial charge >= 0.3 is 0 Å². The summed E-state index contributed by atoms with van der Waals surface area (Å²) in [6.07, 6.45) is 9.62. The predicted octanol–water partition coefficient (Wildman–Crippen LogP) is 4.79. The lowest BCUT2D eigenvalue weighted by molar-refractivity contribution is -0.121. The van der Waals surface area contributed by atoms with Crippen LogP contribution in [0.25, 0.3) is 0 Å². The molecule has 3 aliphatic heterocycles. The summed E-state index contributed by atoms with van der Waals surface area (Å²) in [5.41, 5.74) is 2.12. The monoisotopic (exact) mass is 384 g/mol. The molecule has 1 aromatic rings. The van der Waals surface area contributed by atoms with E-state index in [1.54, 1.807) is 0 Å². The third-order valence-corrected chi connectivity index (χ3v) is 7.11. The molecule has 3 heterocycles. The van der Waals surface area contributed by atoms with Gasteiger partial charge in [0.15, 0.2) is 6.61 Å². The van der Waals surface area contributed by atoms with Crippen LogP contribution in [0.15, 0.2) is 18.2 Å². The molecule has 0 saturated carbocycles. The van der Waals surface area contributed by atoms with E-state index in [0.29, 0.717) is 5.92 Å². The average Bonchev–Trinajstić information content (AvgIpc) is 2.94. The number of benzene rings is 1. The Kier molecular flexibility index (Phi) is 5.96. The SMILES string of the molecule is CCCCC1CC[C@H]2CC[C@H]1N2CC(C)CN1C(=O)COc2ccc(C)cc21. The van der Waals surface area contributed by atoms with Crippen molar-refractivity contribution >= 4 is 11.6 Å². The fourth-order valence-corrected chi connectivity index (χ4v) is 5.71. The Morgan fingerprint density at radius 2 is 2.00 bits per heavy atom. The number of rotatable bonds is 7. The van der Waals surface area contributed by atoms with E-state index in [9.17, 15) is 4.79 Å². The summed E-state index contributed by atoms with van der Waals surface area (Å²) in [4.78, 5) is 17.4. The largest absolute Gasteiger partial charge is 0.482 e. The summed E-state index contributed by atoms with van der Waals surface area (Å²) in [7, 11) is 0. The van der Waals surface area contributed by atoms with Crippen LogP contribution in [0.2, 0.25) is 0 Å². The maximum Gasteiger partial charge on any atom is 0.265 e. The van der Waals surface area contributed by atoms with Gasteiger partial charge in [0, 0.05) is 25.2 Å². The van der Waals surface area contributed by atoms with Crippen LogP contribution in [0.1, 0.15) is 64.4 Å². The molecule has 1 aromatic carbocycles. The molecule has 4 rings (SSSR count). The number of hydrogen-bond donors (Lipinski definition) is 0. The number of carbonyl (C=O) groups excluding carboxylic acids is 1. The van der Waals surface area contributed by atoms with Gasteiger partial charge in [-0.25, -0.2) is 0 Å². The predicted molar refractivity (Wildman–Crippen MR) is 114 cm³/mol.